The van der Waals surface area contributed by atoms with Crippen molar-refractivity contribution in [2.45, 2.75) is 44.6 Å². The number of rotatable bonds is 7. The average molecular weight is 347 g/mol. The van der Waals surface area contributed by atoms with E-state index < -0.39 is 0 Å². The van der Waals surface area contributed by atoms with Crippen LogP contribution >= 0.6 is 11.3 Å². The highest BCUT2D eigenvalue weighted by Crippen LogP contribution is 2.23. The molecule has 0 unspecified atom stereocenters. The van der Waals surface area contributed by atoms with Gasteiger partial charge in [0.05, 0.1) is 10.6 Å². The van der Waals surface area contributed by atoms with Gasteiger partial charge in [-0.15, -0.1) is 11.3 Å². The quantitative estimate of drug-likeness (QED) is 0.754. The number of carbonyl (C=O) groups is 1. The fourth-order valence-electron chi connectivity index (χ4n) is 3.32. The first-order valence-corrected chi connectivity index (χ1v) is 9.70. The van der Waals surface area contributed by atoms with E-state index in [2.05, 4.69) is 27.5 Å². The van der Waals surface area contributed by atoms with E-state index in [1.54, 1.807) is 11.3 Å². The van der Waals surface area contributed by atoms with Gasteiger partial charge in [-0.05, 0) is 50.4 Å². The zero-order chi connectivity index (χ0) is 16.8. The molecule has 2 N–H and O–H groups in total. The molecule has 1 fully saturated rings. The highest BCUT2D eigenvalue weighted by molar-refractivity contribution is 7.13. The topological polar surface area (TPSA) is 61.0 Å². The van der Waals surface area contributed by atoms with Gasteiger partial charge in [0.1, 0.15) is 0 Å². The summed E-state index contributed by atoms with van der Waals surface area (Å²) in [6.45, 7) is 1.73. The Balaban J connectivity index is 1.39. The fraction of sp³-hybridized carbons (Fsp3) is 0.556. The second-order valence-electron chi connectivity index (χ2n) is 6.53. The molecule has 2 heterocycles. The molecule has 1 amide bonds. The van der Waals surface area contributed by atoms with Gasteiger partial charge in [0, 0.05) is 12.6 Å². The molecule has 2 aromatic rings. The van der Waals surface area contributed by atoms with Gasteiger partial charge in [-0.1, -0.05) is 25.3 Å². The molecule has 5 nitrogen and oxygen atoms in total. The molecular weight excluding hydrogens is 320 g/mol. The van der Waals surface area contributed by atoms with Crippen LogP contribution in [0.1, 0.15) is 49.0 Å². The zero-order valence-electron chi connectivity index (χ0n) is 14.3. The Morgan fingerprint density at radius 2 is 2.25 bits per heavy atom. The number of nitrogens with one attached hydrogen (secondary N) is 2. The monoisotopic (exact) mass is 346 g/mol. The Hall–Kier alpha value is -1.66. The van der Waals surface area contributed by atoms with E-state index in [4.69, 9.17) is 0 Å². The Kier molecular flexibility index (Phi) is 6.04. The Bertz CT molecular complexity index is 631. The van der Waals surface area contributed by atoms with E-state index in [1.807, 2.05) is 23.6 Å². The van der Waals surface area contributed by atoms with Crippen molar-refractivity contribution in [2.24, 2.45) is 0 Å². The molecule has 3 rings (SSSR count). The van der Waals surface area contributed by atoms with Crippen LogP contribution < -0.4 is 5.32 Å². The number of hydrogen-bond acceptors (Lipinski definition) is 4. The summed E-state index contributed by atoms with van der Waals surface area (Å²) < 4.78 is 0. The van der Waals surface area contributed by atoms with Crippen LogP contribution in [-0.2, 0) is 0 Å². The van der Waals surface area contributed by atoms with Crippen LogP contribution in [0.25, 0.3) is 10.6 Å². The standard InChI is InChI=1S/C18H26N4OS/c1-22(14-7-3-2-4-8-14)11-6-10-19-18(23)16-13-15(20-21-16)17-9-5-12-24-17/h5,9,12-14H,2-4,6-8,10-11H2,1H3,(H,19,23)(H,20,21). The van der Waals surface area contributed by atoms with Gasteiger partial charge in [-0.25, -0.2) is 0 Å². The second kappa shape index (κ2) is 8.44. The van der Waals surface area contributed by atoms with Crippen LogP contribution in [0.4, 0.5) is 0 Å². The molecule has 1 saturated carbocycles. The minimum Gasteiger partial charge on any atom is -0.351 e. The number of hydrogen-bond donors (Lipinski definition) is 2. The summed E-state index contributed by atoms with van der Waals surface area (Å²) in [5.41, 5.74) is 1.35. The summed E-state index contributed by atoms with van der Waals surface area (Å²) in [5, 5.41) is 12.0. The number of nitrogens with zero attached hydrogens (tertiary/aromatic N) is 2. The highest BCUT2D eigenvalue weighted by Gasteiger charge is 2.17. The molecule has 0 aromatic carbocycles. The van der Waals surface area contributed by atoms with Crippen molar-refractivity contribution in [1.82, 2.24) is 20.4 Å². The van der Waals surface area contributed by atoms with Gasteiger partial charge in [0.15, 0.2) is 5.69 Å². The van der Waals surface area contributed by atoms with Crippen molar-refractivity contribution < 1.29 is 4.79 Å². The molecule has 130 valence electrons. The first-order valence-electron chi connectivity index (χ1n) is 8.82. The van der Waals surface area contributed by atoms with Crippen LogP contribution in [-0.4, -0.2) is 47.2 Å². The maximum absolute atomic E-state index is 12.2. The normalized spacial score (nSPS) is 15.8. The maximum Gasteiger partial charge on any atom is 0.271 e. The molecule has 24 heavy (non-hydrogen) atoms. The highest BCUT2D eigenvalue weighted by atomic mass is 32.1. The molecule has 1 aliphatic carbocycles. The number of aromatic amines is 1. The van der Waals surface area contributed by atoms with Crippen molar-refractivity contribution >= 4 is 17.2 Å². The summed E-state index contributed by atoms with van der Waals surface area (Å²) in [7, 11) is 2.21. The van der Waals surface area contributed by atoms with Crippen molar-refractivity contribution in [3.63, 3.8) is 0 Å². The van der Waals surface area contributed by atoms with E-state index in [9.17, 15) is 4.79 Å². The minimum absolute atomic E-state index is 0.102. The Labute approximate surface area is 147 Å². The average Bonchev–Trinajstić information content (AvgIpc) is 3.30. The maximum atomic E-state index is 12.2. The smallest absolute Gasteiger partial charge is 0.271 e. The summed E-state index contributed by atoms with van der Waals surface area (Å²) in [6.07, 6.45) is 7.72. The van der Waals surface area contributed by atoms with Crippen LogP contribution in [0.5, 0.6) is 0 Å². The summed E-state index contributed by atoms with van der Waals surface area (Å²) in [6, 6.07) is 6.55. The summed E-state index contributed by atoms with van der Waals surface area (Å²) in [4.78, 5) is 15.7. The molecule has 0 atom stereocenters. The first-order chi connectivity index (χ1) is 11.7. The minimum atomic E-state index is -0.102. The van der Waals surface area contributed by atoms with Crippen LogP contribution in [0.15, 0.2) is 23.6 Å². The molecule has 0 radical (unpaired) electrons. The van der Waals surface area contributed by atoms with Crippen molar-refractivity contribution in [3.8, 4) is 10.6 Å². The van der Waals surface area contributed by atoms with E-state index in [-0.39, 0.29) is 5.91 Å². The third-order valence-electron chi connectivity index (χ3n) is 4.77. The largest absolute Gasteiger partial charge is 0.351 e. The lowest BCUT2D eigenvalue weighted by Gasteiger charge is -2.31. The van der Waals surface area contributed by atoms with Crippen LogP contribution in [0.2, 0.25) is 0 Å². The molecule has 0 aliphatic heterocycles. The molecular formula is C18H26N4OS. The predicted molar refractivity (Wildman–Crippen MR) is 98.4 cm³/mol. The lowest BCUT2D eigenvalue weighted by Crippen LogP contribution is -2.35. The fourth-order valence-corrected chi connectivity index (χ4v) is 4.01. The van der Waals surface area contributed by atoms with Crippen molar-refractivity contribution in [3.05, 3.63) is 29.3 Å². The Morgan fingerprint density at radius 1 is 1.42 bits per heavy atom. The van der Waals surface area contributed by atoms with Gasteiger partial charge < -0.3 is 10.2 Å². The first kappa shape index (κ1) is 17.2. The van der Waals surface area contributed by atoms with Gasteiger partial charge >= 0.3 is 0 Å². The third-order valence-corrected chi connectivity index (χ3v) is 5.67. The number of aromatic nitrogens is 2. The summed E-state index contributed by atoms with van der Waals surface area (Å²) in [5.74, 6) is -0.102. The molecule has 1 aliphatic rings. The van der Waals surface area contributed by atoms with E-state index >= 15 is 0 Å². The second-order valence-corrected chi connectivity index (χ2v) is 7.47. The zero-order valence-corrected chi connectivity index (χ0v) is 15.1. The predicted octanol–water partition coefficient (Wildman–Crippen LogP) is 3.52. The van der Waals surface area contributed by atoms with Crippen molar-refractivity contribution in [1.29, 1.82) is 0 Å². The number of H-pyrrole nitrogens is 1. The van der Waals surface area contributed by atoms with Gasteiger partial charge in [0.25, 0.3) is 5.91 Å². The summed E-state index contributed by atoms with van der Waals surface area (Å²) >= 11 is 1.63. The van der Waals surface area contributed by atoms with Crippen LogP contribution in [0.3, 0.4) is 0 Å². The van der Waals surface area contributed by atoms with E-state index in [0.717, 1.165) is 29.6 Å². The lowest BCUT2D eigenvalue weighted by atomic mass is 9.94. The van der Waals surface area contributed by atoms with E-state index in [1.165, 1.54) is 32.1 Å². The van der Waals surface area contributed by atoms with Crippen molar-refractivity contribution in [2.75, 3.05) is 20.1 Å². The van der Waals surface area contributed by atoms with Crippen LogP contribution in [0, 0.1) is 0 Å². The lowest BCUT2D eigenvalue weighted by molar-refractivity contribution is 0.0945. The molecule has 6 heteroatoms. The molecule has 0 bridgehead atoms. The van der Waals surface area contributed by atoms with Gasteiger partial charge in [-0.3, -0.25) is 9.89 Å². The van der Waals surface area contributed by atoms with E-state index in [0.29, 0.717) is 12.2 Å². The van der Waals surface area contributed by atoms with Gasteiger partial charge in [0.2, 0.25) is 0 Å². The Morgan fingerprint density at radius 3 is 3.00 bits per heavy atom. The molecule has 0 spiro atoms. The SMILES string of the molecule is CN(CCCNC(=O)c1cc(-c2cccs2)[nH]n1)C1CCCCC1. The number of carbonyl (C=O) groups excluding carboxylic acids is 1. The van der Waals surface area contributed by atoms with Gasteiger partial charge in [-0.2, -0.15) is 5.10 Å². The molecule has 0 saturated heterocycles. The molecule has 2 aromatic heterocycles. The number of thiophene rings is 1. The number of amides is 1. The third kappa shape index (κ3) is 4.45.